The molecule has 4 amide bonds. The number of nitrogens with one attached hydrogen (secondary N) is 3. The molecule has 0 bridgehead atoms. The number of amides is 4. The van der Waals surface area contributed by atoms with Crippen molar-refractivity contribution in [3.8, 4) is 17.6 Å². The van der Waals surface area contributed by atoms with Gasteiger partial charge in [-0.15, -0.1) is 0 Å². The molecule has 1 saturated heterocycles. The second kappa shape index (κ2) is 7.25. The van der Waals surface area contributed by atoms with Gasteiger partial charge in [0.15, 0.2) is 0 Å². The molecule has 2 aromatic carbocycles. The van der Waals surface area contributed by atoms with Gasteiger partial charge in [-0.1, -0.05) is 29.2 Å². The van der Waals surface area contributed by atoms with Crippen LogP contribution in [0.5, 0.6) is 5.75 Å². The normalized spacial score (nSPS) is 19.4. The smallest absolute Gasteiger partial charge is 0.323 e. The summed E-state index contributed by atoms with van der Waals surface area (Å²) in [4.78, 5) is 53.2. The molecule has 2 aliphatic rings. The van der Waals surface area contributed by atoms with Crippen LogP contribution in [0.2, 0.25) is 0 Å². The number of hydrogen-bond acceptors (Lipinski definition) is 6. The van der Waals surface area contributed by atoms with Gasteiger partial charge in [-0.2, -0.15) is 0 Å². The summed E-state index contributed by atoms with van der Waals surface area (Å²) in [7, 11) is 1.52. The molecule has 3 heterocycles. The Bertz CT molecular complexity index is 1430. The van der Waals surface area contributed by atoms with Crippen molar-refractivity contribution in [3.05, 3.63) is 62.8 Å². The van der Waals surface area contributed by atoms with E-state index in [4.69, 9.17) is 4.74 Å². The number of carbonyl (C=O) groups excluding carboxylic acids is 3. The zero-order chi connectivity index (χ0) is 22.5. The van der Waals surface area contributed by atoms with Gasteiger partial charge in [0, 0.05) is 17.7 Å². The number of thiazole rings is 1. The van der Waals surface area contributed by atoms with Crippen molar-refractivity contribution in [2.24, 2.45) is 0 Å². The summed E-state index contributed by atoms with van der Waals surface area (Å²) in [6, 6.07) is 9.72. The second-order valence-electron chi connectivity index (χ2n) is 7.47. The lowest BCUT2D eigenvalue weighted by Crippen LogP contribution is -2.54. The lowest BCUT2D eigenvalue weighted by molar-refractivity contribution is -0.122. The van der Waals surface area contributed by atoms with Crippen molar-refractivity contribution in [2.45, 2.75) is 12.1 Å². The third kappa shape index (κ3) is 3.29. The van der Waals surface area contributed by atoms with Crippen LogP contribution in [0.25, 0.3) is 10.2 Å². The number of nitrogens with zero attached hydrogens (tertiary/aromatic N) is 1. The Balaban J connectivity index is 1.48. The molecule has 0 radical (unpaired) electrons. The highest BCUT2D eigenvalue weighted by molar-refractivity contribution is 7.16. The maximum absolute atomic E-state index is 13.0. The van der Waals surface area contributed by atoms with Gasteiger partial charge in [0.1, 0.15) is 5.75 Å². The Labute approximate surface area is 185 Å². The molecular formula is C22H16N4O5S. The minimum atomic E-state index is -1.60. The molecule has 3 aromatic rings. The lowest BCUT2D eigenvalue weighted by atomic mass is 9.99. The third-order valence-electron chi connectivity index (χ3n) is 5.41. The minimum absolute atomic E-state index is 0.118. The highest BCUT2D eigenvalue weighted by atomic mass is 32.1. The van der Waals surface area contributed by atoms with Crippen LogP contribution in [0.1, 0.15) is 21.5 Å². The van der Waals surface area contributed by atoms with E-state index in [2.05, 4.69) is 27.5 Å². The monoisotopic (exact) mass is 448 g/mol. The van der Waals surface area contributed by atoms with Gasteiger partial charge in [0.25, 0.3) is 11.8 Å². The highest BCUT2D eigenvalue weighted by Crippen LogP contribution is 2.28. The van der Waals surface area contributed by atoms with Crippen molar-refractivity contribution in [1.29, 1.82) is 0 Å². The fraction of sp³-hybridized carbons (Fsp3) is 0.182. The SMILES string of the molecule is COc1ccc2c(c1)C(=O)N(C[C@@]1(C#Cc3ccc4[nH]c(=O)sc4c3)NC(=O)NC1=O)C2. The predicted octanol–water partition coefficient (Wildman–Crippen LogP) is 1.18. The summed E-state index contributed by atoms with van der Waals surface area (Å²) in [6.45, 7) is 0.168. The lowest BCUT2D eigenvalue weighted by Gasteiger charge is -2.26. The molecule has 1 aromatic heterocycles. The van der Waals surface area contributed by atoms with Crippen LogP contribution in [-0.4, -0.2) is 46.9 Å². The number of ether oxygens (including phenoxy) is 1. The van der Waals surface area contributed by atoms with Crippen molar-refractivity contribution >= 4 is 39.4 Å². The summed E-state index contributed by atoms with van der Waals surface area (Å²) in [5, 5.41) is 4.79. The highest BCUT2D eigenvalue weighted by Gasteiger charge is 2.48. The summed E-state index contributed by atoms with van der Waals surface area (Å²) in [5.41, 5.74) is 0.963. The van der Waals surface area contributed by atoms with Gasteiger partial charge in [-0.3, -0.25) is 19.7 Å². The van der Waals surface area contributed by atoms with Crippen LogP contribution < -0.4 is 20.2 Å². The fourth-order valence-electron chi connectivity index (χ4n) is 3.81. The van der Waals surface area contributed by atoms with Crippen LogP contribution in [0.4, 0.5) is 4.79 Å². The Kier molecular flexibility index (Phi) is 4.49. The van der Waals surface area contributed by atoms with E-state index in [0.717, 1.165) is 21.6 Å². The Hall–Kier alpha value is -4.10. The van der Waals surface area contributed by atoms with Crippen molar-refractivity contribution < 1.29 is 19.1 Å². The topological polar surface area (TPSA) is 121 Å². The number of carbonyl (C=O) groups is 3. The number of aromatic nitrogens is 1. The summed E-state index contributed by atoms with van der Waals surface area (Å²) in [5.74, 6) is 5.44. The predicted molar refractivity (Wildman–Crippen MR) is 116 cm³/mol. The maximum atomic E-state index is 13.0. The van der Waals surface area contributed by atoms with Gasteiger partial charge in [0.05, 0.1) is 23.9 Å². The van der Waals surface area contributed by atoms with Crippen molar-refractivity contribution in [1.82, 2.24) is 20.5 Å². The second-order valence-corrected chi connectivity index (χ2v) is 8.49. The number of aromatic amines is 1. The van der Waals surface area contributed by atoms with Crippen LogP contribution in [-0.2, 0) is 11.3 Å². The van der Waals surface area contributed by atoms with E-state index < -0.39 is 17.5 Å². The summed E-state index contributed by atoms with van der Waals surface area (Å²) >= 11 is 1.06. The zero-order valence-corrected chi connectivity index (χ0v) is 17.6. The molecular weight excluding hydrogens is 432 g/mol. The molecule has 160 valence electrons. The first kappa shape index (κ1) is 19.8. The minimum Gasteiger partial charge on any atom is -0.497 e. The number of methoxy groups -OCH3 is 1. The van der Waals surface area contributed by atoms with E-state index in [0.29, 0.717) is 22.4 Å². The molecule has 0 spiro atoms. The summed E-state index contributed by atoms with van der Waals surface area (Å²) < 4.78 is 5.92. The largest absolute Gasteiger partial charge is 0.497 e. The van der Waals surface area contributed by atoms with Gasteiger partial charge < -0.3 is 19.9 Å². The molecule has 2 aliphatic heterocycles. The quantitative estimate of drug-likeness (QED) is 0.411. The molecule has 1 atom stereocenters. The first-order valence-corrected chi connectivity index (χ1v) is 10.4. The first-order valence-electron chi connectivity index (χ1n) is 9.63. The third-order valence-corrected chi connectivity index (χ3v) is 6.25. The van der Waals surface area contributed by atoms with Crippen molar-refractivity contribution in [3.63, 3.8) is 0 Å². The van der Waals surface area contributed by atoms with Gasteiger partial charge in [-0.05, 0) is 35.9 Å². The van der Waals surface area contributed by atoms with Gasteiger partial charge >= 0.3 is 10.9 Å². The fourth-order valence-corrected chi connectivity index (χ4v) is 4.59. The van der Waals surface area contributed by atoms with E-state index in [1.165, 1.54) is 12.0 Å². The van der Waals surface area contributed by atoms with Crippen LogP contribution in [0, 0.1) is 11.8 Å². The van der Waals surface area contributed by atoms with E-state index in [9.17, 15) is 19.2 Å². The Morgan fingerprint density at radius 2 is 2.00 bits per heavy atom. The molecule has 5 rings (SSSR count). The average molecular weight is 448 g/mol. The van der Waals surface area contributed by atoms with E-state index in [1.54, 1.807) is 36.4 Å². The molecule has 0 unspecified atom stereocenters. The molecule has 32 heavy (non-hydrogen) atoms. The van der Waals surface area contributed by atoms with Gasteiger partial charge in [0.2, 0.25) is 5.54 Å². The molecule has 9 nitrogen and oxygen atoms in total. The molecule has 1 fully saturated rings. The number of urea groups is 1. The number of rotatable bonds is 3. The molecule has 0 saturated carbocycles. The number of H-pyrrole nitrogens is 1. The zero-order valence-electron chi connectivity index (χ0n) is 16.8. The standard InChI is InChI=1S/C22H16N4O5S/c1-31-14-4-3-13-10-26(18(27)15(13)9-14)11-22(19(28)24-20(29)25-22)7-6-12-2-5-16-17(8-12)32-21(30)23-16/h2-5,8-9H,10-11H2,1H3,(H,23,30)(H2,24,25,28,29)/t22-/m1/s1. The Morgan fingerprint density at radius 3 is 2.75 bits per heavy atom. The van der Waals surface area contributed by atoms with E-state index in [1.807, 2.05) is 0 Å². The number of hydrogen-bond donors (Lipinski definition) is 3. The van der Waals surface area contributed by atoms with Crippen LogP contribution in [0.15, 0.2) is 41.2 Å². The number of fused-ring (bicyclic) bond motifs is 2. The van der Waals surface area contributed by atoms with E-state index in [-0.39, 0.29) is 23.9 Å². The number of benzene rings is 2. The van der Waals surface area contributed by atoms with Crippen molar-refractivity contribution in [2.75, 3.05) is 13.7 Å². The first-order chi connectivity index (χ1) is 15.4. The molecule has 10 heteroatoms. The summed E-state index contributed by atoms with van der Waals surface area (Å²) in [6.07, 6.45) is 0. The van der Waals surface area contributed by atoms with Gasteiger partial charge in [-0.25, -0.2) is 4.79 Å². The van der Waals surface area contributed by atoms with E-state index >= 15 is 0 Å². The molecule has 0 aliphatic carbocycles. The Morgan fingerprint density at radius 1 is 1.16 bits per heavy atom. The maximum Gasteiger partial charge on any atom is 0.323 e. The molecule has 3 N–H and O–H groups in total. The average Bonchev–Trinajstić information content (AvgIpc) is 3.38. The van der Waals surface area contributed by atoms with Crippen LogP contribution >= 0.6 is 11.3 Å². The van der Waals surface area contributed by atoms with Crippen LogP contribution in [0.3, 0.4) is 0 Å². The number of imide groups is 1.